The predicted molar refractivity (Wildman–Crippen MR) is 71.0 cm³/mol. The average molecular weight is 258 g/mol. The lowest BCUT2D eigenvalue weighted by Crippen LogP contribution is -2.44. The van der Waals surface area contributed by atoms with Crippen LogP contribution in [0.4, 0.5) is 0 Å². The van der Waals surface area contributed by atoms with E-state index in [0.29, 0.717) is 19.4 Å². The van der Waals surface area contributed by atoms with Crippen LogP contribution >= 0.6 is 11.8 Å². The maximum atomic E-state index is 12.1. The summed E-state index contributed by atoms with van der Waals surface area (Å²) in [5.74, 6) is 1.22. The summed E-state index contributed by atoms with van der Waals surface area (Å²) in [6.45, 7) is 3.28. The first kappa shape index (κ1) is 14.4. The molecule has 4 nitrogen and oxygen atoms in total. The monoisotopic (exact) mass is 258 g/mol. The van der Waals surface area contributed by atoms with E-state index in [1.807, 2.05) is 23.6 Å². The molecule has 1 rings (SSSR count). The van der Waals surface area contributed by atoms with E-state index in [1.165, 1.54) is 0 Å². The fourth-order valence-electron chi connectivity index (χ4n) is 1.94. The average Bonchev–Trinajstić information content (AvgIpc) is 2.46. The first-order valence-electron chi connectivity index (χ1n) is 6.26. The van der Waals surface area contributed by atoms with Crippen LogP contribution in [0.2, 0.25) is 0 Å². The number of amides is 2. The molecule has 0 aromatic heterocycles. The number of hydrogen-bond acceptors (Lipinski definition) is 3. The molecule has 1 aliphatic rings. The van der Waals surface area contributed by atoms with Gasteiger partial charge in [-0.3, -0.25) is 9.59 Å². The van der Waals surface area contributed by atoms with Crippen molar-refractivity contribution in [1.29, 1.82) is 0 Å². The van der Waals surface area contributed by atoms with Crippen LogP contribution in [0.25, 0.3) is 0 Å². The Morgan fingerprint density at radius 2 is 2.18 bits per heavy atom. The van der Waals surface area contributed by atoms with E-state index in [2.05, 4.69) is 11.6 Å². The highest BCUT2D eigenvalue weighted by Gasteiger charge is 2.27. The Morgan fingerprint density at radius 1 is 1.41 bits per heavy atom. The van der Waals surface area contributed by atoms with Crippen LogP contribution in [0, 0.1) is 0 Å². The zero-order valence-corrected chi connectivity index (χ0v) is 11.5. The molecule has 98 valence electrons. The number of unbranched alkanes of at least 4 members (excludes halogenated alkanes) is 1. The van der Waals surface area contributed by atoms with Gasteiger partial charge < -0.3 is 10.2 Å². The third kappa shape index (κ3) is 4.58. The van der Waals surface area contributed by atoms with Crippen molar-refractivity contribution in [1.82, 2.24) is 10.2 Å². The Labute approximate surface area is 108 Å². The summed E-state index contributed by atoms with van der Waals surface area (Å²) in [5, 5.41) is 2.78. The number of nitrogens with one attached hydrogen (secondary N) is 1. The summed E-state index contributed by atoms with van der Waals surface area (Å²) in [5.41, 5.74) is 0. The van der Waals surface area contributed by atoms with Crippen molar-refractivity contribution in [3.05, 3.63) is 0 Å². The lowest BCUT2D eigenvalue weighted by molar-refractivity contribution is -0.133. The predicted octanol–water partition coefficient (Wildman–Crippen LogP) is 1.26. The molecule has 0 spiro atoms. The standard InChI is InChI=1S/C12H22N2O2S/c1-3-10-12(16)14(7-4-5-9-17-2)8-6-11(15)13-10/h10H,3-9H2,1-2H3,(H,13,15). The number of hydrogen-bond donors (Lipinski definition) is 1. The molecular formula is C12H22N2O2S. The van der Waals surface area contributed by atoms with E-state index in [1.54, 1.807) is 0 Å². The maximum Gasteiger partial charge on any atom is 0.245 e. The van der Waals surface area contributed by atoms with Gasteiger partial charge in [-0.1, -0.05) is 6.92 Å². The van der Waals surface area contributed by atoms with Crippen molar-refractivity contribution < 1.29 is 9.59 Å². The van der Waals surface area contributed by atoms with Gasteiger partial charge >= 0.3 is 0 Å². The highest BCUT2D eigenvalue weighted by Crippen LogP contribution is 2.08. The summed E-state index contributed by atoms with van der Waals surface area (Å²) >= 11 is 1.83. The Hall–Kier alpha value is -0.710. The number of rotatable bonds is 6. The Bertz CT molecular complexity index is 271. The van der Waals surface area contributed by atoms with Gasteiger partial charge in [-0.2, -0.15) is 11.8 Å². The number of nitrogens with zero attached hydrogens (tertiary/aromatic N) is 1. The smallest absolute Gasteiger partial charge is 0.245 e. The van der Waals surface area contributed by atoms with E-state index in [9.17, 15) is 9.59 Å². The molecule has 1 saturated heterocycles. The quantitative estimate of drug-likeness (QED) is 0.730. The molecule has 1 aliphatic heterocycles. The fraction of sp³-hybridized carbons (Fsp3) is 0.833. The zero-order chi connectivity index (χ0) is 12.7. The summed E-state index contributed by atoms with van der Waals surface area (Å²) in [6.07, 6.45) is 5.35. The van der Waals surface area contributed by atoms with Crippen molar-refractivity contribution in [2.24, 2.45) is 0 Å². The number of carbonyl (C=O) groups excluding carboxylic acids is 2. The highest BCUT2D eigenvalue weighted by atomic mass is 32.2. The third-order valence-corrected chi connectivity index (χ3v) is 3.69. The van der Waals surface area contributed by atoms with Crippen molar-refractivity contribution in [3.63, 3.8) is 0 Å². The second kappa shape index (κ2) is 7.58. The highest BCUT2D eigenvalue weighted by molar-refractivity contribution is 7.98. The van der Waals surface area contributed by atoms with E-state index in [0.717, 1.165) is 25.1 Å². The number of carbonyl (C=O) groups is 2. The van der Waals surface area contributed by atoms with Gasteiger partial charge in [-0.25, -0.2) is 0 Å². The first-order chi connectivity index (χ1) is 8.19. The second-order valence-corrected chi connectivity index (χ2v) is 5.29. The Morgan fingerprint density at radius 3 is 2.82 bits per heavy atom. The summed E-state index contributed by atoms with van der Waals surface area (Å²) < 4.78 is 0. The molecule has 5 heteroatoms. The van der Waals surface area contributed by atoms with Crippen LogP contribution in [0.5, 0.6) is 0 Å². The molecule has 1 N–H and O–H groups in total. The van der Waals surface area contributed by atoms with Crippen LogP contribution in [0.1, 0.15) is 32.6 Å². The lowest BCUT2D eigenvalue weighted by atomic mass is 10.2. The minimum absolute atomic E-state index is 0.00295. The molecule has 1 unspecified atom stereocenters. The SMILES string of the molecule is CCC1NC(=O)CCN(CCCCSC)C1=O. The number of thioether (sulfide) groups is 1. The third-order valence-electron chi connectivity index (χ3n) is 2.99. The largest absolute Gasteiger partial charge is 0.344 e. The van der Waals surface area contributed by atoms with Gasteiger partial charge in [0.2, 0.25) is 11.8 Å². The van der Waals surface area contributed by atoms with Gasteiger partial charge in [0, 0.05) is 19.5 Å². The van der Waals surface area contributed by atoms with Crippen LogP contribution in [0.3, 0.4) is 0 Å². The molecule has 1 heterocycles. The van der Waals surface area contributed by atoms with E-state index >= 15 is 0 Å². The Kier molecular flexibility index (Phi) is 6.40. The normalized spacial score (nSPS) is 21.3. The van der Waals surface area contributed by atoms with Gasteiger partial charge in [0.05, 0.1) is 0 Å². The van der Waals surface area contributed by atoms with Crippen molar-refractivity contribution in [3.8, 4) is 0 Å². The minimum atomic E-state index is -0.314. The van der Waals surface area contributed by atoms with Crippen LogP contribution in [0.15, 0.2) is 0 Å². The summed E-state index contributed by atoms with van der Waals surface area (Å²) in [4.78, 5) is 25.4. The molecule has 0 aromatic carbocycles. The minimum Gasteiger partial charge on any atom is -0.344 e. The van der Waals surface area contributed by atoms with Crippen molar-refractivity contribution >= 4 is 23.6 Å². The van der Waals surface area contributed by atoms with E-state index in [4.69, 9.17) is 0 Å². The van der Waals surface area contributed by atoms with Crippen LogP contribution in [-0.4, -0.2) is 47.9 Å². The zero-order valence-electron chi connectivity index (χ0n) is 10.7. The molecule has 0 bridgehead atoms. The molecule has 0 radical (unpaired) electrons. The van der Waals surface area contributed by atoms with Gasteiger partial charge in [-0.15, -0.1) is 0 Å². The van der Waals surface area contributed by atoms with Gasteiger partial charge in [0.25, 0.3) is 0 Å². The van der Waals surface area contributed by atoms with Crippen molar-refractivity contribution in [2.75, 3.05) is 25.1 Å². The van der Waals surface area contributed by atoms with Crippen LogP contribution in [-0.2, 0) is 9.59 Å². The van der Waals surface area contributed by atoms with E-state index < -0.39 is 0 Å². The molecule has 2 amide bonds. The summed E-state index contributed by atoms with van der Waals surface area (Å²) in [6, 6.07) is -0.314. The lowest BCUT2D eigenvalue weighted by Gasteiger charge is -2.23. The van der Waals surface area contributed by atoms with Crippen LogP contribution < -0.4 is 5.32 Å². The molecule has 1 atom stereocenters. The summed E-state index contributed by atoms with van der Waals surface area (Å²) in [7, 11) is 0. The second-order valence-electron chi connectivity index (χ2n) is 4.30. The first-order valence-corrected chi connectivity index (χ1v) is 7.65. The molecule has 1 fully saturated rings. The molecule has 17 heavy (non-hydrogen) atoms. The van der Waals surface area contributed by atoms with Gasteiger partial charge in [0.15, 0.2) is 0 Å². The van der Waals surface area contributed by atoms with Gasteiger partial charge in [0.1, 0.15) is 6.04 Å². The molecule has 0 aliphatic carbocycles. The van der Waals surface area contributed by atoms with Gasteiger partial charge in [-0.05, 0) is 31.3 Å². The molecular weight excluding hydrogens is 236 g/mol. The fourth-order valence-corrected chi connectivity index (χ4v) is 2.44. The molecule has 0 saturated carbocycles. The van der Waals surface area contributed by atoms with Crippen molar-refractivity contribution in [2.45, 2.75) is 38.6 Å². The maximum absolute atomic E-state index is 12.1. The molecule has 0 aromatic rings. The Balaban J connectivity index is 2.46. The topological polar surface area (TPSA) is 49.4 Å². The van der Waals surface area contributed by atoms with E-state index in [-0.39, 0.29) is 17.9 Å².